The van der Waals surface area contributed by atoms with Crippen molar-refractivity contribution in [2.45, 2.75) is 33.6 Å². The number of ketones is 1. The third-order valence-electron chi connectivity index (χ3n) is 2.18. The minimum Gasteiger partial charge on any atom is -0.478 e. The number of allylic oxidation sites excluding steroid dienone is 3. The van der Waals surface area contributed by atoms with Crippen LogP contribution in [0.15, 0.2) is 22.8 Å². The number of carbonyl (C=O) groups is 2. The van der Waals surface area contributed by atoms with E-state index in [1.54, 1.807) is 6.92 Å². The number of carboxylic acids is 1. The number of rotatable bonds is 6. The highest BCUT2D eigenvalue weighted by atomic mass is 16.4. The van der Waals surface area contributed by atoms with Crippen LogP contribution in [0.1, 0.15) is 33.6 Å². The summed E-state index contributed by atoms with van der Waals surface area (Å²) in [5, 5.41) is 8.90. The van der Waals surface area contributed by atoms with Crippen molar-refractivity contribution >= 4 is 11.8 Å². The lowest BCUT2D eigenvalue weighted by atomic mass is 10.0. The van der Waals surface area contributed by atoms with Crippen molar-refractivity contribution in [2.24, 2.45) is 5.73 Å². The summed E-state index contributed by atoms with van der Waals surface area (Å²) >= 11 is 0. The van der Waals surface area contributed by atoms with Crippen molar-refractivity contribution < 1.29 is 14.7 Å². The third-order valence-corrected chi connectivity index (χ3v) is 2.18. The van der Waals surface area contributed by atoms with Gasteiger partial charge in [-0.3, -0.25) is 4.79 Å². The Morgan fingerprint density at radius 3 is 2.19 bits per heavy atom. The Morgan fingerprint density at radius 1 is 1.25 bits per heavy atom. The van der Waals surface area contributed by atoms with Crippen molar-refractivity contribution in [1.29, 1.82) is 0 Å². The number of hydrogen-bond acceptors (Lipinski definition) is 3. The molecule has 0 radical (unpaired) electrons. The molecular formula is C12H19NO3. The smallest absolute Gasteiger partial charge is 0.339 e. The summed E-state index contributed by atoms with van der Waals surface area (Å²) in [6.07, 6.45) is 3.32. The Morgan fingerprint density at radius 2 is 1.81 bits per heavy atom. The van der Waals surface area contributed by atoms with E-state index < -0.39 is 11.8 Å². The quantitative estimate of drug-likeness (QED) is 0.312. The van der Waals surface area contributed by atoms with Crippen LogP contribution in [0, 0.1) is 0 Å². The Balaban J connectivity index is 4.78. The lowest BCUT2D eigenvalue weighted by Crippen LogP contribution is -2.22. The maximum atomic E-state index is 11.3. The highest BCUT2D eigenvalue weighted by Crippen LogP contribution is 2.13. The molecule has 4 nitrogen and oxygen atoms in total. The molecule has 3 N–H and O–H groups in total. The highest BCUT2D eigenvalue weighted by Gasteiger charge is 2.18. The van der Waals surface area contributed by atoms with Gasteiger partial charge in [0.25, 0.3) is 0 Å². The molecule has 16 heavy (non-hydrogen) atoms. The fourth-order valence-corrected chi connectivity index (χ4v) is 1.34. The maximum Gasteiger partial charge on any atom is 0.339 e. The zero-order valence-corrected chi connectivity index (χ0v) is 10.0. The Hall–Kier alpha value is -1.42. The molecule has 0 saturated carbocycles. The van der Waals surface area contributed by atoms with Gasteiger partial charge in [0.05, 0.1) is 6.54 Å². The molecule has 0 unspecified atom stereocenters. The first-order valence-electron chi connectivity index (χ1n) is 5.19. The number of nitrogens with two attached hydrogens (primary N) is 1. The van der Waals surface area contributed by atoms with Crippen molar-refractivity contribution in [3.63, 3.8) is 0 Å². The summed E-state index contributed by atoms with van der Waals surface area (Å²) in [4.78, 5) is 22.2. The largest absolute Gasteiger partial charge is 0.478 e. The van der Waals surface area contributed by atoms with Gasteiger partial charge in [0, 0.05) is 0 Å². The molecule has 0 aromatic heterocycles. The van der Waals surface area contributed by atoms with Crippen LogP contribution in [-0.2, 0) is 9.59 Å². The normalized spacial score (nSPS) is 11.8. The second-order valence-corrected chi connectivity index (χ2v) is 3.91. The van der Waals surface area contributed by atoms with Crippen LogP contribution in [0.4, 0.5) is 0 Å². The Bertz CT molecular complexity index is 336. The molecule has 0 saturated heterocycles. The molecule has 0 aliphatic heterocycles. The minimum atomic E-state index is -1.19. The zero-order chi connectivity index (χ0) is 12.7. The number of carboxylic acid groups (broad SMARTS) is 1. The summed E-state index contributed by atoms with van der Waals surface area (Å²) in [6.45, 7) is 5.35. The van der Waals surface area contributed by atoms with Gasteiger partial charge in [-0.15, -0.1) is 0 Å². The molecular weight excluding hydrogens is 206 g/mol. The van der Waals surface area contributed by atoms with Gasteiger partial charge in [-0.1, -0.05) is 17.2 Å². The van der Waals surface area contributed by atoms with Gasteiger partial charge < -0.3 is 10.8 Å². The van der Waals surface area contributed by atoms with E-state index in [0.717, 1.165) is 6.42 Å². The minimum absolute atomic E-state index is 0.162. The standard InChI is InChI=1S/C12H19NO3/c1-8(2)5-4-6-9(3)11(12(15)16)10(14)7-13/h5H,4,6-7,13H2,1-3H3,(H,15,16)/b11-9+. The molecule has 0 aromatic carbocycles. The van der Waals surface area contributed by atoms with Crippen LogP contribution in [0.25, 0.3) is 0 Å². The molecule has 0 bridgehead atoms. The molecule has 0 aromatic rings. The molecule has 0 spiro atoms. The van der Waals surface area contributed by atoms with Crippen LogP contribution in [0.2, 0.25) is 0 Å². The molecule has 90 valence electrons. The van der Waals surface area contributed by atoms with Gasteiger partial charge in [0.2, 0.25) is 0 Å². The summed E-state index contributed by atoms with van der Waals surface area (Å²) < 4.78 is 0. The lowest BCUT2D eigenvalue weighted by molar-refractivity contribution is -0.134. The van der Waals surface area contributed by atoms with E-state index in [1.807, 2.05) is 19.9 Å². The van der Waals surface area contributed by atoms with E-state index >= 15 is 0 Å². The average Bonchev–Trinajstić information content (AvgIpc) is 2.16. The SMILES string of the molecule is CC(C)=CCC/C(C)=C(/C(=O)O)C(=O)CN. The van der Waals surface area contributed by atoms with E-state index in [9.17, 15) is 9.59 Å². The van der Waals surface area contributed by atoms with E-state index in [0.29, 0.717) is 12.0 Å². The number of Topliss-reactive ketones (excluding diaryl/α,β-unsaturated/α-hetero) is 1. The van der Waals surface area contributed by atoms with Gasteiger partial charge in [0.1, 0.15) is 5.57 Å². The van der Waals surface area contributed by atoms with Crippen LogP contribution in [-0.4, -0.2) is 23.4 Å². The first-order valence-corrected chi connectivity index (χ1v) is 5.19. The second kappa shape index (κ2) is 6.95. The summed E-state index contributed by atoms with van der Waals surface area (Å²) in [6, 6.07) is 0. The molecule has 0 aliphatic rings. The van der Waals surface area contributed by atoms with Crippen LogP contribution < -0.4 is 5.73 Å². The van der Waals surface area contributed by atoms with Crippen molar-refractivity contribution in [3.05, 3.63) is 22.8 Å². The molecule has 0 rings (SSSR count). The first kappa shape index (κ1) is 14.6. The molecule has 0 heterocycles. The monoisotopic (exact) mass is 225 g/mol. The Labute approximate surface area is 95.8 Å². The maximum absolute atomic E-state index is 11.3. The molecule has 0 aliphatic carbocycles. The average molecular weight is 225 g/mol. The molecule has 0 atom stereocenters. The summed E-state index contributed by atoms with van der Waals surface area (Å²) in [7, 11) is 0. The van der Waals surface area contributed by atoms with Crippen LogP contribution in [0.3, 0.4) is 0 Å². The molecule has 4 heteroatoms. The lowest BCUT2D eigenvalue weighted by Gasteiger charge is -2.05. The highest BCUT2D eigenvalue weighted by molar-refractivity contribution is 6.17. The van der Waals surface area contributed by atoms with Crippen molar-refractivity contribution in [1.82, 2.24) is 0 Å². The summed E-state index contributed by atoms with van der Waals surface area (Å²) in [5.41, 5.74) is 6.76. The topological polar surface area (TPSA) is 80.4 Å². The van der Waals surface area contributed by atoms with Gasteiger partial charge in [-0.05, 0) is 33.6 Å². The number of carbonyl (C=O) groups excluding carboxylic acids is 1. The van der Waals surface area contributed by atoms with Gasteiger partial charge in [0.15, 0.2) is 5.78 Å². The fraction of sp³-hybridized carbons (Fsp3) is 0.500. The van der Waals surface area contributed by atoms with Gasteiger partial charge >= 0.3 is 5.97 Å². The fourth-order valence-electron chi connectivity index (χ4n) is 1.34. The van der Waals surface area contributed by atoms with E-state index in [1.165, 1.54) is 5.57 Å². The summed E-state index contributed by atoms with van der Waals surface area (Å²) in [5.74, 6) is -1.70. The Kier molecular flexibility index (Phi) is 6.34. The predicted octanol–water partition coefficient (Wildman–Crippen LogP) is 1.66. The van der Waals surface area contributed by atoms with E-state index in [4.69, 9.17) is 10.8 Å². The van der Waals surface area contributed by atoms with Gasteiger partial charge in [-0.2, -0.15) is 0 Å². The predicted molar refractivity (Wildman–Crippen MR) is 63.1 cm³/mol. The second-order valence-electron chi connectivity index (χ2n) is 3.91. The van der Waals surface area contributed by atoms with Crippen molar-refractivity contribution in [2.75, 3.05) is 6.54 Å². The van der Waals surface area contributed by atoms with Crippen molar-refractivity contribution in [3.8, 4) is 0 Å². The molecule has 0 amide bonds. The van der Waals surface area contributed by atoms with E-state index in [2.05, 4.69) is 0 Å². The first-order chi connectivity index (χ1) is 7.40. The van der Waals surface area contributed by atoms with Crippen LogP contribution >= 0.6 is 0 Å². The molecule has 0 fully saturated rings. The number of aliphatic carboxylic acids is 1. The van der Waals surface area contributed by atoms with E-state index in [-0.39, 0.29) is 12.1 Å². The zero-order valence-electron chi connectivity index (χ0n) is 10.0. The van der Waals surface area contributed by atoms with Crippen LogP contribution in [0.5, 0.6) is 0 Å². The third kappa shape index (κ3) is 4.89. The number of hydrogen-bond donors (Lipinski definition) is 2. The van der Waals surface area contributed by atoms with Gasteiger partial charge in [-0.25, -0.2) is 4.79 Å².